The number of aryl methyl sites for hydroxylation is 2. The van der Waals surface area contributed by atoms with Crippen LogP contribution in [0.15, 0.2) is 36.4 Å². The first-order valence-corrected chi connectivity index (χ1v) is 13.3. The van der Waals surface area contributed by atoms with E-state index in [1.807, 2.05) is 64.1 Å². The molecule has 1 saturated heterocycles. The Hall–Kier alpha value is -2.64. The van der Waals surface area contributed by atoms with Crippen molar-refractivity contribution in [3.63, 3.8) is 0 Å². The van der Waals surface area contributed by atoms with Crippen LogP contribution in [-0.4, -0.2) is 65.0 Å². The van der Waals surface area contributed by atoms with Crippen molar-refractivity contribution in [2.24, 2.45) is 0 Å². The number of anilines is 1. The third kappa shape index (κ3) is 6.56. The topological polar surface area (TPSA) is 77.6 Å². The molecule has 2 aromatic rings. The molecule has 194 valence electrons. The largest absolute Gasteiger partial charge is 0.337 e. The second kappa shape index (κ2) is 11.2. The van der Waals surface area contributed by atoms with Crippen molar-refractivity contribution in [2.75, 3.05) is 31.5 Å². The van der Waals surface area contributed by atoms with Gasteiger partial charge in [0.05, 0.1) is 5.41 Å². The van der Waals surface area contributed by atoms with Crippen LogP contribution in [0.25, 0.3) is 0 Å². The summed E-state index contributed by atoms with van der Waals surface area (Å²) in [6, 6.07) is 11.8. The Morgan fingerprint density at radius 3 is 2.19 bits per heavy atom. The van der Waals surface area contributed by atoms with Crippen molar-refractivity contribution in [3.8, 4) is 0 Å². The van der Waals surface area contributed by atoms with E-state index >= 15 is 0 Å². The predicted octanol–water partition coefficient (Wildman–Crippen LogP) is 4.91. The molecule has 8 heteroatoms. The summed E-state index contributed by atoms with van der Waals surface area (Å²) in [7, 11) is 0. The Labute approximate surface area is 219 Å². The molecule has 3 amide bonds. The molecule has 2 heterocycles. The van der Waals surface area contributed by atoms with Crippen LogP contribution in [0.1, 0.15) is 56.5 Å². The van der Waals surface area contributed by atoms with Gasteiger partial charge in [-0.2, -0.15) is 0 Å². The number of nitrogens with one attached hydrogen (secondary N) is 2. The maximum absolute atomic E-state index is 13.8. The summed E-state index contributed by atoms with van der Waals surface area (Å²) in [6.07, 6.45) is 4.11. The van der Waals surface area contributed by atoms with E-state index < -0.39 is 5.41 Å². The number of hydrogen-bond donors (Lipinski definition) is 2. The van der Waals surface area contributed by atoms with E-state index in [4.69, 9.17) is 11.6 Å². The first-order chi connectivity index (χ1) is 17.1. The third-order valence-corrected chi connectivity index (χ3v) is 7.53. The predicted molar refractivity (Wildman–Crippen MR) is 145 cm³/mol. The Morgan fingerprint density at radius 1 is 1.03 bits per heavy atom. The van der Waals surface area contributed by atoms with E-state index in [0.29, 0.717) is 17.6 Å². The lowest BCUT2D eigenvalue weighted by molar-refractivity contribution is -0.140. The van der Waals surface area contributed by atoms with E-state index in [2.05, 4.69) is 25.4 Å². The Bertz CT molecular complexity index is 1060. The normalized spacial score (nSPS) is 17.0. The van der Waals surface area contributed by atoms with Gasteiger partial charge in [-0.05, 0) is 83.2 Å². The average Bonchev–Trinajstić information content (AvgIpc) is 3.65. The Morgan fingerprint density at radius 2 is 1.61 bits per heavy atom. The lowest BCUT2D eigenvalue weighted by Crippen LogP contribution is -2.53. The highest BCUT2D eigenvalue weighted by Gasteiger charge is 2.44. The second-order valence-electron chi connectivity index (χ2n) is 10.7. The van der Waals surface area contributed by atoms with Crippen LogP contribution >= 0.6 is 11.6 Å². The minimum Gasteiger partial charge on any atom is -0.337 e. The molecular formula is C28H38ClN5O2. The number of aromatic nitrogens is 1. The van der Waals surface area contributed by atoms with E-state index in [0.717, 1.165) is 68.0 Å². The number of nitrogens with zero attached hydrogens (tertiary/aromatic N) is 3. The van der Waals surface area contributed by atoms with Gasteiger partial charge in [-0.1, -0.05) is 23.7 Å². The van der Waals surface area contributed by atoms with Gasteiger partial charge in [0.2, 0.25) is 5.91 Å². The zero-order chi connectivity index (χ0) is 25.9. The summed E-state index contributed by atoms with van der Waals surface area (Å²) >= 11 is 6.07. The molecule has 0 bridgehead atoms. The SMILES string of the molecule is Cc1cc(NC(=O)NCCN2CCC(N(C(=O)C(C)(C)c3ccc(Cl)cc3)C3CC3)CC2)cc(C)n1. The van der Waals surface area contributed by atoms with Crippen LogP contribution in [0.5, 0.6) is 0 Å². The number of carbonyl (C=O) groups excluding carboxylic acids is 2. The summed E-state index contributed by atoms with van der Waals surface area (Å²) in [4.78, 5) is 35.0. The summed E-state index contributed by atoms with van der Waals surface area (Å²) in [5, 5.41) is 6.52. The van der Waals surface area contributed by atoms with Gasteiger partial charge in [0.1, 0.15) is 0 Å². The second-order valence-corrected chi connectivity index (χ2v) is 11.1. The van der Waals surface area contributed by atoms with Crippen LogP contribution < -0.4 is 10.6 Å². The number of likely N-dealkylation sites (tertiary alicyclic amines) is 1. The number of amides is 3. The van der Waals surface area contributed by atoms with E-state index in [9.17, 15) is 9.59 Å². The van der Waals surface area contributed by atoms with Gasteiger partial charge in [0.25, 0.3) is 0 Å². The van der Waals surface area contributed by atoms with Crippen molar-refractivity contribution in [1.29, 1.82) is 0 Å². The summed E-state index contributed by atoms with van der Waals surface area (Å²) in [5.74, 6) is 0.214. The number of hydrogen-bond acceptors (Lipinski definition) is 4. The van der Waals surface area contributed by atoms with Gasteiger partial charge < -0.3 is 20.4 Å². The highest BCUT2D eigenvalue weighted by molar-refractivity contribution is 6.30. The smallest absolute Gasteiger partial charge is 0.319 e. The van der Waals surface area contributed by atoms with E-state index in [1.165, 1.54) is 0 Å². The number of carbonyl (C=O) groups is 2. The standard InChI is InChI=1S/C28H38ClN5O2/c1-19-17-23(18-20(2)31-19)32-27(36)30-13-16-33-14-11-25(12-15-33)34(24-9-10-24)26(35)28(3,4)21-5-7-22(29)8-6-21/h5-8,17-18,24-25H,9-16H2,1-4H3,(H2,30,31,32,36). The molecule has 0 spiro atoms. The van der Waals surface area contributed by atoms with Crippen molar-refractivity contribution >= 4 is 29.2 Å². The Kier molecular flexibility index (Phi) is 8.20. The molecule has 2 fully saturated rings. The Balaban J connectivity index is 1.26. The lowest BCUT2D eigenvalue weighted by Gasteiger charge is -2.42. The monoisotopic (exact) mass is 511 g/mol. The molecule has 1 aromatic heterocycles. The molecule has 1 aromatic carbocycles. The molecule has 1 aliphatic carbocycles. The number of pyridine rings is 1. The van der Waals surface area contributed by atoms with Crippen LogP contribution in [0.3, 0.4) is 0 Å². The number of rotatable bonds is 8. The van der Waals surface area contributed by atoms with Crippen molar-refractivity contribution in [3.05, 3.63) is 58.4 Å². The summed E-state index contributed by atoms with van der Waals surface area (Å²) < 4.78 is 0. The van der Waals surface area contributed by atoms with Gasteiger partial charge in [0.15, 0.2) is 0 Å². The zero-order valence-corrected chi connectivity index (χ0v) is 22.6. The van der Waals surface area contributed by atoms with Gasteiger partial charge in [-0.15, -0.1) is 0 Å². The number of piperidine rings is 1. The van der Waals surface area contributed by atoms with Gasteiger partial charge >= 0.3 is 6.03 Å². The van der Waals surface area contributed by atoms with Crippen LogP contribution in [0.2, 0.25) is 5.02 Å². The van der Waals surface area contributed by atoms with E-state index in [-0.39, 0.29) is 18.0 Å². The van der Waals surface area contributed by atoms with Crippen LogP contribution in [0, 0.1) is 13.8 Å². The molecule has 36 heavy (non-hydrogen) atoms. The maximum atomic E-state index is 13.8. The summed E-state index contributed by atoms with van der Waals surface area (Å²) in [6.45, 7) is 11.1. The average molecular weight is 512 g/mol. The van der Waals surface area contributed by atoms with Crippen molar-refractivity contribution in [1.82, 2.24) is 20.1 Å². The molecule has 7 nitrogen and oxygen atoms in total. The third-order valence-electron chi connectivity index (χ3n) is 7.28. The van der Waals surface area contributed by atoms with Crippen molar-refractivity contribution in [2.45, 2.75) is 70.9 Å². The molecule has 1 aliphatic heterocycles. The van der Waals surface area contributed by atoms with E-state index in [1.54, 1.807) is 0 Å². The maximum Gasteiger partial charge on any atom is 0.319 e. The lowest BCUT2D eigenvalue weighted by atomic mass is 9.82. The molecular weight excluding hydrogens is 474 g/mol. The minimum absolute atomic E-state index is 0.204. The molecule has 0 atom stereocenters. The number of urea groups is 1. The highest BCUT2D eigenvalue weighted by atomic mass is 35.5. The first kappa shape index (κ1) is 26.4. The fourth-order valence-electron chi connectivity index (χ4n) is 5.13. The minimum atomic E-state index is -0.590. The summed E-state index contributed by atoms with van der Waals surface area (Å²) in [5.41, 5.74) is 2.92. The van der Waals surface area contributed by atoms with Crippen molar-refractivity contribution < 1.29 is 9.59 Å². The first-order valence-electron chi connectivity index (χ1n) is 12.9. The number of halogens is 1. The van der Waals surface area contributed by atoms with Gasteiger partial charge in [-0.25, -0.2) is 4.79 Å². The zero-order valence-electron chi connectivity index (χ0n) is 21.8. The van der Waals surface area contributed by atoms with Crippen LogP contribution in [-0.2, 0) is 10.2 Å². The quantitative estimate of drug-likeness (QED) is 0.528. The fraction of sp³-hybridized carbons (Fsp3) is 0.536. The van der Waals surface area contributed by atoms with Crippen LogP contribution in [0.4, 0.5) is 10.5 Å². The highest BCUT2D eigenvalue weighted by Crippen LogP contribution is 2.37. The molecule has 0 unspecified atom stereocenters. The van der Waals surface area contributed by atoms with Gasteiger partial charge in [0, 0.05) is 60.4 Å². The molecule has 4 rings (SSSR count). The molecule has 0 radical (unpaired) electrons. The fourth-order valence-corrected chi connectivity index (χ4v) is 5.25. The molecule has 2 aliphatic rings. The molecule has 1 saturated carbocycles. The molecule has 2 N–H and O–H groups in total. The van der Waals surface area contributed by atoms with Gasteiger partial charge in [-0.3, -0.25) is 9.78 Å². The number of benzene rings is 1.